The van der Waals surface area contributed by atoms with Crippen LogP contribution in [0.2, 0.25) is 0 Å². The first-order valence-corrected chi connectivity index (χ1v) is 8.24. The molecule has 2 aromatic rings. The summed E-state index contributed by atoms with van der Waals surface area (Å²) in [5.41, 5.74) is 0.480. The Labute approximate surface area is 147 Å². The number of hydrogen-bond acceptors (Lipinski definition) is 4. The molecule has 0 saturated carbocycles. The molecule has 0 fully saturated rings. The van der Waals surface area contributed by atoms with Gasteiger partial charge in [-0.15, -0.1) is 0 Å². The molecule has 2 rings (SSSR count). The van der Waals surface area contributed by atoms with Gasteiger partial charge in [-0.05, 0) is 48.7 Å². The van der Waals surface area contributed by atoms with E-state index < -0.39 is 6.04 Å². The van der Waals surface area contributed by atoms with Crippen LogP contribution in [0.1, 0.15) is 36.4 Å². The van der Waals surface area contributed by atoms with Gasteiger partial charge >= 0.3 is 0 Å². The minimum absolute atomic E-state index is 0.230. The number of furan rings is 1. The van der Waals surface area contributed by atoms with Crippen molar-refractivity contribution in [3.8, 4) is 5.75 Å². The molecule has 1 heterocycles. The van der Waals surface area contributed by atoms with Gasteiger partial charge in [0.15, 0.2) is 0 Å². The van der Waals surface area contributed by atoms with E-state index in [1.165, 1.54) is 0 Å². The third-order valence-electron chi connectivity index (χ3n) is 3.70. The highest BCUT2D eigenvalue weighted by Gasteiger charge is 2.22. The molecule has 0 bridgehead atoms. The molecular weight excluding hydrogens is 320 g/mol. The van der Waals surface area contributed by atoms with E-state index in [1.807, 2.05) is 13.8 Å². The highest BCUT2D eigenvalue weighted by molar-refractivity contribution is 5.97. The van der Waals surface area contributed by atoms with Gasteiger partial charge in [0.2, 0.25) is 5.91 Å². The molecule has 0 unspecified atom stereocenters. The summed E-state index contributed by atoms with van der Waals surface area (Å²) < 4.78 is 10.3. The lowest BCUT2D eigenvalue weighted by Crippen LogP contribution is -2.47. The number of amides is 2. The van der Waals surface area contributed by atoms with E-state index in [4.69, 9.17) is 9.15 Å². The normalized spacial score (nSPS) is 11.8. The van der Waals surface area contributed by atoms with Crippen molar-refractivity contribution in [2.24, 2.45) is 5.92 Å². The van der Waals surface area contributed by atoms with Crippen LogP contribution in [-0.2, 0) is 11.3 Å². The summed E-state index contributed by atoms with van der Waals surface area (Å²) in [6.07, 6.45) is 2.10. The Balaban J connectivity index is 1.99. The van der Waals surface area contributed by atoms with Crippen LogP contribution in [0.4, 0.5) is 0 Å². The van der Waals surface area contributed by atoms with E-state index in [2.05, 4.69) is 10.6 Å². The number of methoxy groups -OCH3 is 1. The average Bonchev–Trinajstić information content (AvgIpc) is 3.12. The van der Waals surface area contributed by atoms with Crippen LogP contribution in [-0.4, -0.2) is 25.0 Å². The van der Waals surface area contributed by atoms with Gasteiger partial charge in [-0.2, -0.15) is 0 Å². The van der Waals surface area contributed by atoms with Crippen molar-refractivity contribution in [3.05, 3.63) is 54.0 Å². The maximum Gasteiger partial charge on any atom is 0.251 e. The summed E-state index contributed by atoms with van der Waals surface area (Å²) >= 11 is 0. The van der Waals surface area contributed by atoms with E-state index >= 15 is 0 Å². The Morgan fingerprint density at radius 1 is 1.16 bits per heavy atom. The number of benzene rings is 1. The zero-order valence-corrected chi connectivity index (χ0v) is 14.7. The predicted molar refractivity (Wildman–Crippen MR) is 94.3 cm³/mol. The first-order chi connectivity index (χ1) is 12.0. The number of carbonyl (C=O) groups excluding carboxylic acids is 2. The quantitative estimate of drug-likeness (QED) is 0.772. The molecule has 0 aliphatic carbocycles. The van der Waals surface area contributed by atoms with Crippen LogP contribution in [0.25, 0.3) is 0 Å². The SMILES string of the molecule is COc1ccc(C(=O)N[C@H](CC(C)C)C(=O)NCc2ccco2)cc1. The van der Waals surface area contributed by atoms with Crippen molar-refractivity contribution in [1.82, 2.24) is 10.6 Å². The molecule has 2 N–H and O–H groups in total. The number of hydrogen-bond donors (Lipinski definition) is 2. The van der Waals surface area contributed by atoms with Crippen molar-refractivity contribution in [2.45, 2.75) is 32.9 Å². The third-order valence-corrected chi connectivity index (χ3v) is 3.70. The van der Waals surface area contributed by atoms with Crippen molar-refractivity contribution >= 4 is 11.8 Å². The first kappa shape index (κ1) is 18.6. The highest BCUT2D eigenvalue weighted by Crippen LogP contribution is 2.12. The van der Waals surface area contributed by atoms with Crippen LogP contribution in [0.5, 0.6) is 5.75 Å². The van der Waals surface area contributed by atoms with Gasteiger partial charge in [0, 0.05) is 5.56 Å². The van der Waals surface area contributed by atoms with Gasteiger partial charge in [0.1, 0.15) is 17.6 Å². The molecule has 0 saturated heterocycles. The minimum atomic E-state index is -0.607. The molecule has 6 heteroatoms. The molecule has 1 aromatic heterocycles. The van der Waals surface area contributed by atoms with Crippen molar-refractivity contribution < 1.29 is 18.7 Å². The highest BCUT2D eigenvalue weighted by atomic mass is 16.5. The Kier molecular flexibility index (Phi) is 6.62. The molecule has 0 spiro atoms. The fourth-order valence-corrected chi connectivity index (χ4v) is 2.40. The molecular formula is C19H24N2O4. The third kappa shape index (κ3) is 5.67. The molecule has 25 heavy (non-hydrogen) atoms. The van der Waals surface area contributed by atoms with Crippen molar-refractivity contribution in [3.63, 3.8) is 0 Å². The number of rotatable bonds is 8. The summed E-state index contributed by atoms with van der Waals surface area (Å²) in [5.74, 6) is 1.08. The second-order valence-electron chi connectivity index (χ2n) is 6.18. The topological polar surface area (TPSA) is 80.6 Å². The average molecular weight is 344 g/mol. The molecule has 1 aromatic carbocycles. The monoisotopic (exact) mass is 344 g/mol. The maximum atomic E-state index is 12.5. The van der Waals surface area contributed by atoms with E-state index in [9.17, 15) is 9.59 Å². The summed E-state index contributed by atoms with van der Waals surface area (Å²) in [6, 6.07) is 9.70. The van der Waals surface area contributed by atoms with E-state index in [1.54, 1.807) is 49.8 Å². The molecule has 1 atom stereocenters. The van der Waals surface area contributed by atoms with Crippen molar-refractivity contribution in [2.75, 3.05) is 7.11 Å². The second kappa shape index (κ2) is 8.92. The number of nitrogens with one attached hydrogen (secondary N) is 2. The second-order valence-corrected chi connectivity index (χ2v) is 6.18. The standard InChI is InChI=1S/C19H24N2O4/c1-13(2)11-17(19(23)20-12-16-5-4-10-25-16)21-18(22)14-6-8-15(24-3)9-7-14/h4-10,13,17H,11-12H2,1-3H3,(H,20,23)(H,21,22)/t17-/m1/s1. The van der Waals surface area contributed by atoms with Crippen molar-refractivity contribution in [1.29, 1.82) is 0 Å². The van der Waals surface area contributed by atoms with E-state index in [-0.39, 0.29) is 17.7 Å². The molecule has 134 valence electrons. The van der Waals surface area contributed by atoms with Gasteiger partial charge in [-0.1, -0.05) is 13.8 Å². The van der Waals surface area contributed by atoms with Crippen LogP contribution in [0.3, 0.4) is 0 Å². The smallest absolute Gasteiger partial charge is 0.251 e. The first-order valence-electron chi connectivity index (χ1n) is 8.24. The summed E-state index contributed by atoms with van der Waals surface area (Å²) in [4.78, 5) is 24.9. The summed E-state index contributed by atoms with van der Waals surface area (Å²) in [7, 11) is 1.57. The lowest BCUT2D eigenvalue weighted by atomic mass is 10.0. The summed E-state index contributed by atoms with van der Waals surface area (Å²) in [5, 5.41) is 5.61. The van der Waals surface area contributed by atoms with Crippen LogP contribution >= 0.6 is 0 Å². The van der Waals surface area contributed by atoms with Crippen LogP contribution in [0, 0.1) is 5.92 Å². The van der Waals surface area contributed by atoms with Crippen LogP contribution < -0.4 is 15.4 Å². The molecule has 2 amide bonds. The largest absolute Gasteiger partial charge is 0.497 e. The van der Waals surface area contributed by atoms with Gasteiger partial charge in [0.25, 0.3) is 5.91 Å². The Morgan fingerprint density at radius 2 is 1.88 bits per heavy atom. The lowest BCUT2D eigenvalue weighted by molar-refractivity contribution is -0.123. The van der Waals surface area contributed by atoms with E-state index in [0.717, 1.165) is 0 Å². The summed E-state index contributed by atoms with van der Waals surface area (Å²) in [6.45, 7) is 4.30. The Bertz CT molecular complexity index is 678. The maximum absolute atomic E-state index is 12.5. The Morgan fingerprint density at radius 3 is 2.44 bits per heavy atom. The number of ether oxygens (including phenoxy) is 1. The van der Waals surface area contributed by atoms with Gasteiger partial charge in [0.05, 0.1) is 19.9 Å². The van der Waals surface area contributed by atoms with Gasteiger partial charge in [-0.3, -0.25) is 9.59 Å². The molecule has 0 aliphatic heterocycles. The van der Waals surface area contributed by atoms with E-state index in [0.29, 0.717) is 30.0 Å². The zero-order valence-electron chi connectivity index (χ0n) is 14.7. The minimum Gasteiger partial charge on any atom is -0.497 e. The fraction of sp³-hybridized carbons (Fsp3) is 0.368. The fourth-order valence-electron chi connectivity index (χ4n) is 2.40. The molecule has 6 nitrogen and oxygen atoms in total. The Hall–Kier alpha value is -2.76. The predicted octanol–water partition coefficient (Wildman–Crippen LogP) is 2.75. The zero-order chi connectivity index (χ0) is 18.2. The number of carbonyl (C=O) groups is 2. The lowest BCUT2D eigenvalue weighted by Gasteiger charge is -2.20. The molecule has 0 aliphatic rings. The molecule has 0 radical (unpaired) electrons. The van der Waals surface area contributed by atoms with Gasteiger partial charge in [-0.25, -0.2) is 0 Å². The van der Waals surface area contributed by atoms with Gasteiger partial charge < -0.3 is 19.8 Å². The van der Waals surface area contributed by atoms with Crippen LogP contribution in [0.15, 0.2) is 47.1 Å².